The fraction of sp³-hybridized carbons (Fsp3) is 1.00. The van der Waals surface area contributed by atoms with Crippen molar-refractivity contribution in [1.82, 2.24) is 0 Å². The average Bonchev–Trinajstić information content (AvgIpc) is 1.81. The highest BCUT2D eigenvalue weighted by molar-refractivity contribution is 4.93. The number of hydrogen-bond donors (Lipinski definition) is 1. The zero-order valence-corrected chi connectivity index (χ0v) is 7.37. The Bertz CT molecular complexity index is 183. The normalized spacial score (nSPS) is 27.0. The molecule has 1 unspecified atom stereocenters. The Morgan fingerprint density at radius 1 is 1.46 bits per heavy atom. The van der Waals surface area contributed by atoms with E-state index < -0.39 is 17.9 Å². The van der Waals surface area contributed by atoms with Gasteiger partial charge in [-0.05, 0) is 19.3 Å². The first-order chi connectivity index (χ1) is 5.73. The van der Waals surface area contributed by atoms with Gasteiger partial charge in [0.15, 0.2) is 0 Å². The van der Waals surface area contributed by atoms with Crippen LogP contribution in [0.3, 0.4) is 0 Å². The molecule has 0 bridgehead atoms. The molecule has 1 nitrogen and oxygen atoms in total. The van der Waals surface area contributed by atoms with Crippen LogP contribution < -0.4 is 5.73 Å². The maximum atomic E-state index is 12.3. The lowest BCUT2D eigenvalue weighted by molar-refractivity contribution is -0.121. The molecule has 2 N–H and O–H groups in total. The minimum Gasteiger partial charge on any atom is -0.321 e. The zero-order valence-electron chi connectivity index (χ0n) is 7.37. The van der Waals surface area contributed by atoms with E-state index in [0.29, 0.717) is 0 Å². The molecular formula is C8H13F4N. The molecule has 1 saturated carbocycles. The van der Waals surface area contributed by atoms with Crippen molar-refractivity contribution in [3.63, 3.8) is 0 Å². The highest BCUT2D eigenvalue weighted by Gasteiger charge is 2.48. The second-order valence-electron chi connectivity index (χ2n) is 4.14. The SMILES string of the molecule is CC(N)(CC1CC(F)(F)C1)C(F)F. The van der Waals surface area contributed by atoms with E-state index >= 15 is 0 Å². The summed E-state index contributed by atoms with van der Waals surface area (Å²) in [5, 5.41) is 0. The van der Waals surface area contributed by atoms with Crippen molar-refractivity contribution < 1.29 is 17.6 Å². The maximum absolute atomic E-state index is 12.3. The molecule has 1 aliphatic rings. The van der Waals surface area contributed by atoms with Gasteiger partial charge in [-0.1, -0.05) is 0 Å². The summed E-state index contributed by atoms with van der Waals surface area (Å²) in [4.78, 5) is 0. The van der Waals surface area contributed by atoms with Crippen LogP contribution in [0.15, 0.2) is 0 Å². The molecule has 0 aromatic heterocycles. The first-order valence-electron chi connectivity index (χ1n) is 4.18. The van der Waals surface area contributed by atoms with Gasteiger partial charge in [-0.2, -0.15) is 0 Å². The number of rotatable bonds is 3. The Hall–Kier alpha value is -0.320. The Morgan fingerprint density at radius 3 is 2.23 bits per heavy atom. The van der Waals surface area contributed by atoms with Crippen molar-refractivity contribution in [3.8, 4) is 0 Å². The molecule has 0 spiro atoms. The predicted octanol–water partition coefficient (Wildman–Crippen LogP) is 2.40. The van der Waals surface area contributed by atoms with Gasteiger partial charge in [-0.15, -0.1) is 0 Å². The van der Waals surface area contributed by atoms with Crippen LogP contribution in [-0.4, -0.2) is 17.9 Å². The summed E-state index contributed by atoms with van der Waals surface area (Å²) in [7, 11) is 0. The molecule has 13 heavy (non-hydrogen) atoms. The monoisotopic (exact) mass is 199 g/mol. The Balaban J connectivity index is 2.35. The third kappa shape index (κ3) is 2.56. The molecule has 0 heterocycles. The molecule has 1 rings (SSSR count). The van der Waals surface area contributed by atoms with Crippen LogP contribution in [0.25, 0.3) is 0 Å². The minimum atomic E-state index is -2.65. The van der Waals surface area contributed by atoms with Crippen LogP contribution in [0.1, 0.15) is 26.2 Å². The molecule has 0 aliphatic heterocycles. The van der Waals surface area contributed by atoms with Gasteiger partial charge in [-0.3, -0.25) is 0 Å². The van der Waals surface area contributed by atoms with Crippen LogP contribution in [0.4, 0.5) is 17.6 Å². The maximum Gasteiger partial charge on any atom is 0.256 e. The molecule has 0 amide bonds. The second-order valence-corrected chi connectivity index (χ2v) is 4.14. The van der Waals surface area contributed by atoms with Gasteiger partial charge in [-0.25, -0.2) is 17.6 Å². The molecular weight excluding hydrogens is 186 g/mol. The van der Waals surface area contributed by atoms with E-state index in [-0.39, 0.29) is 25.2 Å². The van der Waals surface area contributed by atoms with Gasteiger partial charge >= 0.3 is 0 Å². The van der Waals surface area contributed by atoms with Crippen LogP contribution in [-0.2, 0) is 0 Å². The molecule has 0 radical (unpaired) electrons. The van der Waals surface area contributed by atoms with Crippen LogP contribution in [0.2, 0.25) is 0 Å². The van der Waals surface area contributed by atoms with E-state index in [1.807, 2.05) is 0 Å². The number of alkyl halides is 4. The topological polar surface area (TPSA) is 26.0 Å². The molecule has 0 aromatic rings. The van der Waals surface area contributed by atoms with E-state index in [9.17, 15) is 17.6 Å². The first-order valence-corrected chi connectivity index (χ1v) is 4.18. The third-order valence-corrected chi connectivity index (χ3v) is 2.40. The summed E-state index contributed by atoms with van der Waals surface area (Å²) < 4.78 is 49.1. The molecule has 1 fully saturated rings. The van der Waals surface area contributed by atoms with Crippen molar-refractivity contribution in [2.24, 2.45) is 11.7 Å². The van der Waals surface area contributed by atoms with Gasteiger partial charge < -0.3 is 5.73 Å². The van der Waals surface area contributed by atoms with Crippen LogP contribution in [0.5, 0.6) is 0 Å². The fourth-order valence-corrected chi connectivity index (χ4v) is 1.64. The zero-order chi connectivity index (χ0) is 10.3. The average molecular weight is 199 g/mol. The number of hydrogen-bond acceptors (Lipinski definition) is 1. The lowest BCUT2D eigenvalue weighted by Gasteiger charge is -2.39. The molecule has 1 atom stereocenters. The highest BCUT2D eigenvalue weighted by Crippen LogP contribution is 2.46. The van der Waals surface area contributed by atoms with E-state index in [2.05, 4.69) is 0 Å². The standard InChI is InChI=1S/C8H13F4N/c1-7(13,6(9)10)2-5-3-8(11,12)4-5/h5-6H,2-4,13H2,1H3. The van der Waals surface area contributed by atoms with E-state index in [1.165, 1.54) is 6.92 Å². The highest BCUT2D eigenvalue weighted by atomic mass is 19.3. The van der Waals surface area contributed by atoms with Crippen LogP contribution in [0, 0.1) is 5.92 Å². The largest absolute Gasteiger partial charge is 0.321 e. The predicted molar refractivity (Wildman–Crippen MR) is 40.9 cm³/mol. The van der Waals surface area contributed by atoms with Crippen molar-refractivity contribution in [1.29, 1.82) is 0 Å². The van der Waals surface area contributed by atoms with Gasteiger partial charge in [0.1, 0.15) is 0 Å². The summed E-state index contributed by atoms with van der Waals surface area (Å²) in [5.74, 6) is -3.00. The smallest absolute Gasteiger partial charge is 0.256 e. The summed E-state index contributed by atoms with van der Waals surface area (Å²) in [6, 6.07) is 0. The Kier molecular flexibility index (Phi) is 2.58. The molecule has 1 aliphatic carbocycles. The quantitative estimate of drug-likeness (QED) is 0.694. The molecule has 78 valence electrons. The summed E-state index contributed by atoms with van der Waals surface area (Å²) >= 11 is 0. The van der Waals surface area contributed by atoms with Crippen molar-refractivity contribution >= 4 is 0 Å². The van der Waals surface area contributed by atoms with E-state index in [4.69, 9.17) is 5.73 Å². The summed E-state index contributed by atoms with van der Waals surface area (Å²) in [6.45, 7) is 1.20. The fourth-order valence-electron chi connectivity index (χ4n) is 1.64. The Labute approximate surface area is 74.3 Å². The third-order valence-electron chi connectivity index (χ3n) is 2.40. The van der Waals surface area contributed by atoms with Gasteiger partial charge in [0.05, 0.1) is 5.54 Å². The Morgan fingerprint density at radius 2 is 1.92 bits per heavy atom. The minimum absolute atomic E-state index is 0.0275. The second kappa shape index (κ2) is 3.12. The van der Waals surface area contributed by atoms with Crippen molar-refractivity contribution in [2.75, 3.05) is 0 Å². The lowest BCUT2D eigenvalue weighted by atomic mass is 9.74. The van der Waals surface area contributed by atoms with Crippen molar-refractivity contribution in [2.45, 2.75) is 44.1 Å². The molecule has 0 aromatic carbocycles. The van der Waals surface area contributed by atoms with Crippen molar-refractivity contribution in [3.05, 3.63) is 0 Å². The van der Waals surface area contributed by atoms with E-state index in [1.54, 1.807) is 0 Å². The molecule has 0 saturated heterocycles. The van der Waals surface area contributed by atoms with E-state index in [0.717, 1.165) is 0 Å². The van der Waals surface area contributed by atoms with Gasteiger partial charge in [0.2, 0.25) is 5.92 Å². The van der Waals surface area contributed by atoms with Gasteiger partial charge in [0.25, 0.3) is 6.43 Å². The van der Waals surface area contributed by atoms with Gasteiger partial charge in [0, 0.05) is 12.8 Å². The lowest BCUT2D eigenvalue weighted by Crippen LogP contribution is -2.49. The van der Waals surface area contributed by atoms with Crippen LogP contribution >= 0.6 is 0 Å². The number of halogens is 4. The molecule has 5 heteroatoms. The summed E-state index contributed by atoms with van der Waals surface area (Å²) in [6.07, 6.45) is -3.28. The first kappa shape index (κ1) is 10.8. The summed E-state index contributed by atoms with van der Waals surface area (Å²) in [5.41, 5.74) is 3.64. The number of nitrogens with two attached hydrogens (primary N) is 1.